The maximum atomic E-state index is 12.6. The molecular weight excluding hydrogens is 165 g/mol. The summed E-state index contributed by atoms with van der Waals surface area (Å²) in [5.74, 6) is -0.173. The number of hydrogen-bond acceptors (Lipinski definition) is 1. The minimum absolute atomic E-state index is 0.173. The van der Waals surface area contributed by atoms with Gasteiger partial charge in [-0.2, -0.15) is 0 Å². The zero-order valence-corrected chi connectivity index (χ0v) is 7.39. The zero-order chi connectivity index (χ0) is 9.10. The molecule has 0 spiro atoms. The van der Waals surface area contributed by atoms with Crippen LogP contribution < -0.4 is 5.32 Å². The van der Waals surface area contributed by atoms with Crippen molar-refractivity contribution in [1.29, 1.82) is 0 Å². The van der Waals surface area contributed by atoms with Gasteiger partial charge < -0.3 is 5.32 Å². The first-order valence-corrected chi connectivity index (χ1v) is 4.54. The minimum atomic E-state index is -0.173. The zero-order valence-electron chi connectivity index (χ0n) is 7.39. The van der Waals surface area contributed by atoms with Crippen molar-refractivity contribution < 1.29 is 4.39 Å². The van der Waals surface area contributed by atoms with Crippen LogP contribution in [0.5, 0.6) is 0 Å². The van der Waals surface area contributed by atoms with Crippen LogP contribution in [0.25, 0.3) is 5.57 Å². The van der Waals surface area contributed by atoms with Crippen LogP contribution in [0, 0.1) is 5.82 Å². The lowest BCUT2D eigenvalue weighted by Crippen LogP contribution is -2.13. The molecule has 0 aromatic heterocycles. The van der Waals surface area contributed by atoms with Gasteiger partial charge in [-0.3, -0.25) is 0 Å². The SMILES string of the molecule is Fc1ccc(C2=CNCCC2)cc1. The lowest BCUT2D eigenvalue weighted by atomic mass is 10.0. The fourth-order valence-electron chi connectivity index (χ4n) is 1.54. The summed E-state index contributed by atoms with van der Waals surface area (Å²) in [6.45, 7) is 1.05. The molecule has 0 saturated carbocycles. The highest BCUT2D eigenvalue weighted by Crippen LogP contribution is 2.21. The second kappa shape index (κ2) is 3.60. The van der Waals surface area contributed by atoms with E-state index in [0.717, 1.165) is 24.9 Å². The molecule has 1 aliphatic heterocycles. The summed E-state index contributed by atoms with van der Waals surface area (Å²) < 4.78 is 12.6. The molecule has 2 rings (SSSR count). The largest absolute Gasteiger partial charge is 0.391 e. The van der Waals surface area contributed by atoms with Gasteiger partial charge in [-0.15, -0.1) is 0 Å². The van der Waals surface area contributed by atoms with Crippen molar-refractivity contribution >= 4 is 5.57 Å². The fourth-order valence-corrected chi connectivity index (χ4v) is 1.54. The third-order valence-corrected chi connectivity index (χ3v) is 2.26. The molecule has 1 aromatic carbocycles. The maximum Gasteiger partial charge on any atom is 0.123 e. The molecule has 0 bridgehead atoms. The Kier molecular flexibility index (Phi) is 2.30. The molecule has 0 saturated heterocycles. The molecule has 0 fully saturated rings. The fraction of sp³-hybridized carbons (Fsp3) is 0.273. The Morgan fingerprint density at radius 2 is 1.92 bits per heavy atom. The summed E-state index contributed by atoms with van der Waals surface area (Å²) in [6, 6.07) is 6.66. The number of benzene rings is 1. The molecule has 1 heterocycles. The number of allylic oxidation sites excluding steroid dienone is 1. The Bertz CT molecular complexity index is 313. The molecule has 0 aliphatic carbocycles. The molecular formula is C11H12FN. The predicted octanol–water partition coefficient (Wildman–Crippen LogP) is 2.55. The summed E-state index contributed by atoms with van der Waals surface area (Å²) in [4.78, 5) is 0. The first kappa shape index (κ1) is 8.30. The van der Waals surface area contributed by atoms with Crippen LogP contribution in [-0.2, 0) is 0 Å². The molecule has 13 heavy (non-hydrogen) atoms. The average Bonchev–Trinajstić information content (AvgIpc) is 2.20. The lowest BCUT2D eigenvalue weighted by Gasteiger charge is -2.14. The molecule has 1 N–H and O–H groups in total. The van der Waals surface area contributed by atoms with Crippen LogP contribution >= 0.6 is 0 Å². The summed E-state index contributed by atoms with van der Waals surface area (Å²) in [5.41, 5.74) is 2.39. The number of rotatable bonds is 1. The second-order valence-electron chi connectivity index (χ2n) is 3.23. The van der Waals surface area contributed by atoms with Gasteiger partial charge in [-0.05, 0) is 36.1 Å². The van der Waals surface area contributed by atoms with Crippen LogP contribution in [0.15, 0.2) is 30.5 Å². The van der Waals surface area contributed by atoms with E-state index in [1.165, 1.54) is 17.7 Å². The van der Waals surface area contributed by atoms with Gasteiger partial charge in [0.05, 0.1) is 0 Å². The number of halogens is 1. The third kappa shape index (κ3) is 1.89. The first-order chi connectivity index (χ1) is 6.36. The Morgan fingerprint density at radius 1 is 1.15 bits per heavy atom. The smallest absolute Gasteiger partial charge is 0.123 e. The minimum Gasteiger partial charge on any atom is -0.391 e. The van der Waals surface area contributed by atoms with E-state index in [2.05, 4.69) is 5.32 Å². The van der Waals surface area contributed by atoms with E-state index < -0.39 is 0 Å². The van der Waals surface area contributed by atoms with E-state index in [1.54, 1.807) is 0 Å². The van der Waals surface area contributed by atoms with Crippen LogP contribution in [0.4, 0.5) is 4.39 Å². The van der Waals surface area contributed by atoms with Gasteiger partial charge >= 0.3 is 0 Å². The molecule has 1 aliphatic rings. The molecule has 0 atom stereocenters. The molecule has 0 unspecified atom stereocenters. The van der Waals surface area contributed by atoms with Crippen LogP contribution in [0.2, 0.25) is 0 Å². The Morgan fingerprint density at radius 3 is 2.54 bits per heavy atom. The van der Waals surface area contributed by atoms with Crippen molar-refractivity contribution in [3.63, 3.8) is 0 Å². The van der Waals surface area contributed by atoms with Crippen LogP contribution in [0.1, 0.15) is 18.4 Å². The maximum absolute atomic E-state index is 12.6. The van der Waals surface area contributed by atoms with Gasteiger partial charge in [0.25, 0.3) is 0 Å². The van der Waals surface area contributed by atoms with Gasteiger partial charge in [0.2, 0.25) is 0 Å². The standard InChI is InChI=1S/C11H12FN/c12-11-5-3-9(4-6-11)10-2-1-7-13-8-10/h3-6,8,13H,1-2,7H2. The van der Waals surface area contributed by atoms with E-state index in [0.29, 0.717) is 0 Å². The number of hydrogen-bond donors (Lipinski definition) is 1. The van der Waals surface area contributed by atoms with E-state index in [-0.39, 0.29) is 5.82 Å². The van der Waals surface area contributed by atoms with Gasteiger partial charge in [0.15, 0.2) is 0 Å². The van der Waals surface area contributed by atoms with E-state index in [9.17, 15) is 4.39 Å². The van der Waals surface area contributed by atoms with E-state index >= 15 is 0 Å². The van der Waals surface area contributed by atoms with Crippen LogP contribution in [0.3, 0.4) is 0 Å². The summed E-state index contributed by atoms with van der Waals surface area (Å²) >= 11 is 0. The average molecular weight is 177 g/mol. The quantitative estimate of drug-likeness (QED) is 0.695. The van der Waals surface area contributed by atoms with Crippen molar-refractivity contribution in [3.8, 4) is 0 Å². The number of nitrogens with one attached hydrogen (secondary N) is 1. The van der Waals surface area contributed by atoms with Crippen molar-refractivity contribution in [1.82, 2.24) is 5.32 Å². The predicted molar refractivity (Wildman–Crippen MR) is 51.6 cm³/mol. The Labute approximate surface area is 77.3 Å². The summed E-state index contributed by atoms with van der Waals surface area (Å²) in [5, 5.41) is 3.19. The third-order valence-electron chi connectivity index (χ3n) is 2.26. The van der Waals surface area contributed by atoms with E-state index in [4.69, 9.17) is 0 Å². The van der Waals surface area contributed by atoms with Crippen molar-refractivity contribution in [2.75, 3.05) is 6.54 Å². The second-order valence-corrected chi connectivity index (χ2v) is 3.23. The molecule has 1 aromatic rings. The summed E-state index contributed by atoms with van der Waals surface area (Å²) in [7, 11) is 0. The molecule has 0 amide bonds. The van der Waals surface area contributed by atoms with Gasteiger partial charge in [-0.1, -0.05) is 12.1 Å². The normalized spacial score (nSPS) is 16.2. The molecule has 2 heteroatoms. The van der Waals surface area contributed by atoms with E-state index in [1.807, 2.05) is 18.3 Å². The van der Waals surface area contributed by atoms with Crippen molar-refractivity contribution in [2.24, 2.45) is 0 Å². The highest BCUT2D eigenvalue weighted by atomic mass is 19.1. The van der Waals surface area contributed by atoms with Gasteiger partial charge in [-0.25, -0.2) is 4.39 Å². The summed E-state index contributed by atoms with van der Waals surface area (Å²) in [6.07, 6.45) is 4.26. The van der Waals surface area contributed by atoms with Crippen molar-refractivity contribution in [3.05, 3.63) is 41.8 Å². The Hall–Kier alpha value is -1.31. The van der Waals surface area contributed by atoms with Crippen LogP contribution in [-0.4, -0.2) is 6.54 Å². The van der Waals surface area contributed by atoms with Gasteiger partial charge in [0.1, 0.15) is 5.82 Å². The lowest BCUT2D eigenvalue weighted by molar-refractivity contribution is 0.627. The Balaban J connectivity index is 2.24. The van der Waals surface area contributed by atoms with Gasteiger partial charge in [0, 0.05) is 12.7 Å². The van der Waals surface area contributed by atoms with Crippen molar-refractivity contribution in [2.45, 2.75) is 12.8 Å². The first-order valence-electron chi connectivity index (χ1n) is 4.54. The topological polar surface area (TPSA) is 12.0 Å². The molecule has 68 valence electrons. The molecule has 1 nitrogen and oxygen atoms in total. The monoisotopic (exact) mass is 177 g/mol. The highest BCUT2D eigenvalue weighted by molar-refractivity contribution is 5.65. The molecule has 0 radical (unpaired) electrons. The highest BCUT2D eigenvalue weighted by Gasteiger charge is 2.04.